The molecule has 8 heteroatoms. The van der Waals surface area contributed by atoms with Crippen LogP contribution in [0.5, 0.6) is 0 Å². The smallest absolute Gasteiger partial charge is 0.243 e. The number of carbonyl (C=O) groups is 1. The number of aromatic amines is 1. The molecule has 7 nitrogen and oxygen atoms in total. The normalized spacial score (nSPS) is 15.2. The van der Waals surface area contributed by atoms with E-state index in [1.165, 1.54) is 0 Å². The monoisotopic (exact) mass is 452 g/mol. The van der Waals surface area contributed by atoms with E-state index in [0.717, 1.165) is 48.2 Å². The number of H-pyrrole nitrogens is 1. The lowest BCUT2D eigenvalue weighted by molar-refractivity contribution is -0.116. The summed E-state index contributed by atoms with van der Waals surface area (Å²) in [7, 11) is -3.45. The number of nitrogens with one attached hydrogen (secondary N) is 2. The van der Waals surface area contributed by atoms with Gasteiger partial charge in [0.2, 0.25) is 15.9 Å². The van der Waals surface area contributed by atoms with Gasteiger partial charge < -0.3 is 5.32 Å². The number of aryl methyl sites for hydroxylation is 1. The molecular weight excluding hydrogens is 424 g/mol. The molecular formula is C24H28N4O3S. The maximum absolute atomic E-state index is 12.9. The third kappa shape index (κ3) is 5.44. The number of aromatic nitrogens is 2. The highest BCUT2D eigenvalue weighted by Gasteiger charge is 2.24. The van der Waals surface area contributed by atoms with Crippen molar-refractivity contribution in [2.45, 2.75) is 43.4 Å². The SMILES string of the molecule is O=C(CCc1ccc(S(=O)(=O)N2CCCCCC2)cc1)Nc1ccc(-c2ccn[nH]2)cc1. The van der Waals surface area contributed by atoms with Gasteiger partial charge in [0.15, 0.2) is 0 Å². The Hall–Kier alpha value is -2.97. The number of anilines is 1. The Morgan fingerprint density at radius 3 is 2.25 bits per heavy atom. The Balaban J connectivity index is 1.30. The van der Waals surface area contributed by atoms with Gasteiger partial charge in [0.1, 0.15) is 0 Å². The standard InChI is InChI=1S/C24H28N4O3S/c29-24(26-21-10-8-20(9-11-21)23-15-16-25-27-23)14-7-19-5-12-22(13-6-19)32(30,31)28-17-3-1-2-4-18-28/h5-6,8-13,15-16H,1-4,7,14,17-18H2,(H,25,27)(H,26,29). The summed E-state index contributed by atoms with van der Waals surface area (Å²) in [5, 5.41) is 9.75. The molecule has 0 unspecified atom stereocenters. The van der Waals surface area contributed by atoms with Crippen molar-refractivity contribution < 1.29 is 13.2 Å². The van der Waals surface area contributed by atoms with E-state index in [-0.39, 0.29) is 5.91 Å². The topological polar surface area (TPSA) is 95.2 Å². The van der Waals surface area contributed by atoms with Crippen molar-refractivity contribution in [1.29, 1.82) is 0 Å². The summed E-state index contributed by atoms with van der Waals surface area (Å²) in [6.07, 6.45) is 6.56. The first-order valence-electron chi connectivity index (χ1n) is 11.0. The number of amides is 1. The van der Waals surface area contributed by atoms with Crippen molar-refractivity contribution in [3.05, 3.63) is 66.4 Å². The first kappa shape index (κ1) is 22.2. The summed E-state index contributed by atoms with van der Waals surface area (Å²) in [6, 6.07) is 16.4. The second-order valence-corrected chi connectivity index (χ2v) is 10.00. The van der Waals surface area contributed by atoms with Crippen LogP contribution in [-0.4, -0.2) is 41.9 Å². The molecule has 1 aliphatic rings. The van der Waals surface area contributed by atoms with Gasteiger partial charge >= 0.3 is 0 Å². The zero-order valence-electron chi connectivity index (χ0n) is 18.0. The molecule has 0 bridgehead atoms. The third-order valence-electron chi connectivity index (χ3n) is 5.75. The second-order valence-electron chi connectivity index (χ2n) is 8.06. The number of carbonyl (C=O) groups excluding carboxylic acids is 1. The van der Waals surface area contributed by atoms with Crippen LogP contribution in [0.15, 0.2) is 65.7 Å². The predicted octanol–water partition coefficient (Wildman–Crippen LogP) is 4.21. The summed E-state index contributed by atoms with van der Waals surface area (Å²) in [5.74, 6) is -0.0828. The molecule has 2 heterocycles. The van der Waals surface area contributed by atoms with Gasteiger partial charge in [-0.15, -0.1) is 0 Å². The van der Waals surface area contributed by atoms with Crippen LogP contribution in [-0.2, 0) is 21.2 Å². The van der Waals surface area contributed by atoms with Crippen LogP contribution >= 0.6 is 0 Å². The fraction of sp³-hybridized carbons (Fsp3) is 0.333. The van der Waals surface area contributed by atoms with Gasteiger partial charge in [0.05, 0.1) is 10.6 Å². The van der Waals surface area contributed by atoms with Crippen LogP contribution in [0.2, 0.25) is 0 Å². The summed E-state index contributed by atoms with van der Waals surface area (Å²) in [4.78, 5) is 12.7. The molecule has 4 rings (SSSR count). The van der Waals surface area contributed by atoms with E-state index in [9.17, 15) is 13.2 Å². The number of hydrogen-bond donors (Lipinski definition) is 2. The average molecular weight is 453 g/mol. The van der Waals surface area contributed by atoms with Gasteiger partial charge in [0, 0.05) is 31.4 Å². The lowest BCUT2D eigenvalue weighted by atomic mass is 10.1. The quantitative estimate of drug-likeness (QED) is 0.561. The highest BCUT2D eigenvalue weighted by Crippen LogP contribution is 2.22. The van der Waals surface area contributed by atoms with Crippen LogP contribution in [0.1, 0.15) is 37.7 Å². The highest BCUT2D eigenvalue weighted by molar-refractivity contribution is 7.89. The molecule has 1 aliphatic heterocycles. The number of sulfonamides is 1. The first-order valence-corrected chi connectivity index (χ1v) is 12.5. The fourth-order valence-electron chi connectivity index (χ4n) is 3.89. The van der Waals surface area contributed by atoms with Crippen LogP contribution in [0.4, 0.5) is 5.69 Å². The van der Waals surface area contributed by atoms with E-state index in [1.807, 2.05) is 30.3 Å². The van der Waals surface area contributed by atoms with Crippen molar-refractivity contribution in [1.82, 2.24) is 14.5 Å². The van der Waals surface area contributed by atoms with Gasteiger partial charge in [0.25, 0.3) is 0 Å². The van der Waals surface area contributed by atoms with Gasteiger partial charge in [-0.05, 0) is 60.7 Å². The molecule has 0 saturated carbocycles. The maximum Gasteiger partial charge on any atom is 0.243 e. The summed E-state index contributed by atoms with van der Waals surface area (Å²) in [6.45, 7) is 1.18. The van der Waals surface area contributed by atoms with Crippen LogP contribution in [0.25, 0.3) is 11.3 Å². The van der Waals surface area contributed by atoms with Crippen molar-refractivity contribution in [3.8, 4) is 11.3 Å². The molecule has 2 aromatic carbocycles. The van der Waals surface area contributed by atoms with Crippen LogP contribution in [0.3, 0.4) is 0 Å². The highest BCUT2D eigenvalue weighted by atomic mass is 32.2. The molecule has 0 atom stereocenters. The zero-order valence-corrected chi connectivity index (χ0v) is 18.8. The molecule has 1 aromatic heterocycles. The number of benzene rings is 2. The predicted molar refractivity (Wildman–Crippen MR) is 125 cm³/mol. The largest absolute Gasteiger partial charge is 0.326 e. The minimum atomic E-state index is -3.45. The van der Waals surface area contributed by atoms with Gasteiger partial charge in [-0.25, -0.2) is 8.42 Å². The number of nitrogens with zero attached hydrogens (tertiary/aromatic N) is 2. The summed E-state index contributed by atoms with van der Waals surface area (Å²) in [5.41, 5.74) is 3.58. The molecule has 32 heavy (non-hydrogen) atoms. The zero-order chi connectivity index (χ0) is 22.4. The molecule has 1 fully saturated rings. The molecule has 3 aromatic rings. The lowest BCUT2D eigenvalue weighted by Crippen LogP contribution is -2.31. The minimum Gasteiger partial charge on any atom is -0.326 e. The Morgan fingerprint density at radius 1 is 0.938 bits per heavy atom. The maximum atomic E-state index is 12.9. The average Bonchev–Trinajstić information content (AvgIpc) is 3.20. The molecule has 0 spiro atoms. The Labute approximate surface area is 188 Å². The van der Waals surface area contributed by atoms with Crippen LogP contribution < -0.4 is 5.32 Å². The van der Waals surface area contributed by atoms with Crippen LogP contribution in [0, 0.1) is 0 Å². The van der Waals surface area contributed by atoms with E-state index < -0.39 is 10.0 Å². The van der Waals surface area contributed by atoms with E-state index in [0.29, 0.717) is 30.8 Å². The van der Waals surface area contributed by atoms with Gasteiger partial charge in [-0.2, -0.15) is 9.40 Å². The van der Waals surface area contributed by atoms with E-state index in [1.54, 1.807) is 34.8 Å². The molecule has 0 radical (unpaired) electrons. The fourth-order valence-corrected chi connectivity index (χ4v) is 5.41. The van der Waals surface area contributed by atoms with E-state index in [2.05, 4.69) is 15.5 Å². The number of rotatable bonds is 7. The summed E-state index contributed by atoms with van der Waals surface area (Å²) < 4.78 is 27.3. The third-order valence-corrected chi connectivity index (χ3v) is 7.66. The Bertz CT molecular complexity index is 1120. The first-order chi connectivity index (χ1) is 15.5. The van der Waals surface area contributed by atoms with E-state index >= 15 is 0 Å². The lowest BCUT2D eigenvalue weighted by Gasteiger charge is -2.20. The van der Waals surface area contributed by atoms with Gasteiger partial charge in [-0.1, -0.05) is 37.1 Å². The van der Waals surface area contributed by atoms with Crippen molar-refractivity contribution in [2.24, 2.45) is 0 Å². The summed E-state index contributed by atoms with van der Waals surface area (Å²) >= 11 is 0. The van der Waals surface area contributed by atoms with Gasteiger partial charge in [-0.3, -0.25) is 9.89 Å². The number of hydrogen-bond acceptors (Lipinski definition) is 4. The Kier molecular flexibility index (Phi) is 7.02. The minimum absolute atomic E-state index is 0.0828. The second kappa shape index (κ2) is 10.1. The van der Waals surface area contributed by atoms with Crippen molar-refractivity contribution in [3.63, 3.8) is 0 Å². The molecule has 2 N–H and O–H groups in total. The molecule has 0 aliphatic carbocycles. The Morgan fingerprint density at radius 2 is 1.62 bits per heavy atom. The molecule has 168 valence electrons. The van der Waals surface area contributed by atoms with Crippen molar-refractivity contribution >= 4 is 21.6 Å². The van der Waals surface area contributed by atoms with E-state index in [4.69, 9.17) is 0 Å². The molecule has 1 amide bonds. The molecule has 1 saturated heterocycles. The van der Waals surface area contributed by atoms with Crippen molar-refractivity contribution in [2.75, 3.05) is 18.4 Å².